The van der Waals surface area contributed by atoms with Gasteiger partial charge in [0.05, 0.1) is 12.7 Å². The average molecular weight is 229 g/mol. The van der Waals surface area contributed by atoms with Crippen molar-refractivity contribution in [2.45, 2.75) is 64.8 Å². The highest BCUT2D eigenvalue weighted by molar-refractivity contribution is 4.72. The minimum Gasteiger partial charge on any atom is -0.348 e. The first-order valence-corrected chi connectivity index (χ1v) is 6.66. The van der Waals surface area contributed by atoms with Gasteiger partial charge in [-0.1, -0.05) is 32.6 Å². The van der Waals surface area contributed by atoms with E-state index in [2.05, 4.69) is 12.2 Å². The molecule has 0 aromatic rings. The monoisotopic (exact) mass is 229 g/mol. The van der Waals surface area contributed by atoms with Crippen LogP contribution in [0.5, 0.6) is 0 Å². The second kappa shape index (κ2) is 7.25. The maximum atomic E-state index is 5.71. The van der Waals surface area contributed by atoms with E-state index in [4.69, 9.17) is 9.47 Å². The number of rotatable bonds is 8. The summed E-state index contributed by atoms with van der Waals surface area (Å²) in [6.45, 7) is 8.92. The predicted octanol–water partition coefficient (Wildman–Crippen LogP) is 2.70. The van der Waals surface area contributed by atoms with Crippen molar-refractivity contribution in [2.75, 3.05) is 19.7 Å². The lowest BCUT2D eigenvalue weighted by molar-refractivity contribution is -0.137. The van der Waals surface area contributed by atoms with E-state index >= 15 is 0 Å². The van der Waals surface area contributed by atoms with E-state index < -0.39 is 0 Å². The molecule has 1 saturated heterocycles. The van der Waals surface area contributed by atoms with Crippen molar-refractivity contribution >= 4 is 0 Å². The SMILES string of the molecule is CCCCCCCNCC1COC(C)(C)O1. The molecular weight excluding hydrogens is 202 g/mol. The highest BCUT2D eigenvalue weighted by atomic mass is 16.7. The minimum atomic E-state index is -0.381. The highest BCUT2D eigenvalue weighted by Crippen LogP contribution is 2.21. The van der Waals surface area contributed by atoms with Crippen molar-refractivity contribution in [3.8, 4) is 0 Å². The standard InChI is InChI=1S/C13H27NO2/c1-4-5-6-7-8-9-14-10-12-11-15-13(2,3)16-12/h12,14H,4-11H2,1-3H3. The van der Waals surface area contributed by atoms with Crippen LogP contribution in [0, 0.1) is 0 Å². The van der Waals surface area contributed by atoms with Gasteiger partial charge in [-0.3, -0.25) is 0 Å². The van der Waals surface area contributed by atoms with Gasteiger partial charge in [0.15, 0.2) is 5.79 Å². The molecule has 0 amide bonds. The molecule has 96 valence electrons. The Labute approximate surface area is 99.9 Å². The fourth-order valence-corrected chi connectivity index (χ4v) is 1.98. The number of hydrogen-bond donors (Lipinski definition) is 1. The quantitative estimate of drug-likeness (QED) is 0.649. The Morgan fingerprint density at radius 3 is 2.56 bits per heavy atom. The van der Waals surface area contributed by atoms with Gasteiger partial charge < -0.3 is 14.8 Å². The molecule has 0 radical (unpaired) electrons. The second-order valence-electron chi connectivity index (χ2n) is 5.07. The van der Waals surface area contributed by atoms with Crippen LogP contribution in [-0.4, -0.2) is 31.6 Å². The van der Waals surface area contributed by atoms with E-state index in [1.165, 1.54) is 32.1 Å². The van der Waals surface area contributed by atoms with Crippen LogP contribution in [0.25, 0.3) is 0 Å². The Morgan fingerprint density at radius 2 is 1.94 bits per heavy atom. The van der Waals surface area contributed by atoms with Crippen LogP contribution in [0.15, 0.2) is 0 Å². The maximum Gasteiger partial charge on any atom is 0.163 e. The molecule has 0 aromatic carbocycles. The lowest BCUT2D eigenvalue weighted by Gasteiger charge is -2.17. The fourth-order valence-electron chi connectivity index (χ4n) is 1.98. The number of hydrogen-bond acceptors (Lipinski definition) is 3. The van der Waals surface area contributed by atoms with Crippen LogP contribution in [-0.2, 0) is 9.47 Å². The van der Waals surface area contributed by atoms with Crippen LogP contribution in [0.4, 0.5) is 0 Å². The van der Waals surface area contributed by atoms with Crippen LogP contribution in [0.3, 0.4) is 0 Å². The molecule has 1 N–H and O–H groups in total. The molecule has 0 spiro atoms. The molecule has 1 atom stereocenters. The van der Waals surface area contributed by atoms with Gasteiger partial charge in [-0.25, -0.2) is 0 Å². The maximum absolute atomic E-state index is 5.71. The number of unbranched alkanes of at least 4 members (excludes halogenated alkanes) is 4. The largest absolute Gasteiger partial charge is 0.348 e. The first-order chi connectivity index (χ1) is 7.64. The normalized spacial score (nSPS) is 23.8. The van der Waals surface area contributed by atoms with E-state index in [-0.39, 0.29) is 11.9 Å². The topological polar surface area (TPSA) is 30.5 Å². The van der Waals surface area contributed by atoms with Crippen LogP contribution in [0.2, 0.25) is 0 Å². The van der Waals surface area contributed by atoms with E-state index in [1.54, 1.807) is 0 Å². The Balaban J connectivity index is 1.88. The molecule has 1 heterocycles. The summed E-state index contributed by atoms with van der Waals surface area (Å²) in [6, 6.07) is 0. The fraction of sp³-hybridized carbons (Fsp3) is 1.00. The molecule has 1 aliphatic heterocycles. The summed E-state index contributed by atoms with van der Waals surface area (Å²) in [5.41, 5.74) is 0. The lowest BCUT2D eigenvalue weighted by Crippen LogP contribution is -2.31. The van der Waals surface area contributed by atoms with E-state index in [0.717, 1.165) is 19.7 Å². The third kappa shape index (κ3) is 5.83. The molecule has 1 rings (SSSR count). The molecule has 0 bridgehead atoms. The Kier molecular flexibility index (Phi) is 6.32. The molecule has 3 heteroatoms. The summed E-state index contributed by atoms with van der Waals surface area (Å²) in [4.78, 5) is 0. The van der Waals surface area contributed by atoms with E-state index in [0.29, 0.717) is 0 Å². The molecule has 1 aliphatic rings. The molecule has 1 fully saturated rings. The minimum absolute atomic E-state index is 0.227. The van der Waals surface area contributed by atoms with Crippen molar-refractivity contribution < 1.29 is 9.47 Å². The zero-order valence-corrected chi connectivity index (χ0v) is 11.1. The molecule has 0 aliphatic carbocycles. The molecule has 1 unspecified atom stereocenters. The van der Waals surface area contributed by atoms with Gasteiger partial charge in [-0.05, 0) is 26.8 Å². The third-order valence-corrected chi connectivity index (χ3v) is 2.90. The molecule has 0 aromatic heterocycles. The summed E-state index contributed by atoms with van der Waals surface area (Å²) in [7, 11) is 0. The Hall–Kier alpha value is -0.120. The number of ether oxygens (including phenoxy) is 2. The van der Waals surface area contributed by atoms with Gasteiger partial charge in [0.25, 0.3) is 0 Å². The van der Waals surface area contributed by atoms with Crippen molar-refractivity contribution in [2.24, 2.45) is 0 Å². The molecule has 0 saturated carbocycles. The number of nitrogens with one attached hydrogen (secondary N) is 1. The Bertz CT molecular complexity index is 183. The van der Waals surface area contributed by atoms with Crippen LogP contribution in [0.1, 0.15) is 52.9 Å². The van der Waals surface area contributed by atoms with Gasteiger partial charge in [0, 0.05) is 6.54 Å². The van der Waals surface area contributed by atoms with Gasteiger partial charge >= 0.3 is 0 Å². The first-order valence-electron chi connectivity index (χ1n) is 6.66. The van der Waals surface area contributed by atoms with Crippen molar-refractivity contribution in [1.82, 2.24) is 5.32 Å². The average Bonchev–Trinajstić information content (AvgIpc) is 2.57. The zero-order valence-electron chi connectivity index (χ0n) is 11.1. The summed E-state index contributed by atoms with van der Waals surface area (Å²) < 4.78 is 11.2. The first kappa shape index (κ1) is 13.9. The summed E-state index contributed by atoms with van der Waals surface area (Å²) in [6.07, 6.45) is 6.90. The van der Waals surface area contributed by atoms with Gasteiger partial charge in [0.1, 0.15) is 0 Å². The van der Waals surface area contributed by atoms with Gasteiger partial charge in [0.2, 0.25) is 0 Å². The van der Waals surface area contributed by atoms with E-state index in [1.807, 2.05) is 13.8 Å². The second-order valence-corrected chi connectivity index (χ2v) is 5.07. The summed E-state index contributed by atoms with van der Waals surface area (Å²) >= 11 is 0. The van der Waals surface area contributed by atoms with Crippen LogP contribution < -0.4 is 5.32 Å². The Morgan fingerprint density at radius 1 is 1.19 bits per heavy atom. The molecule has 3 nitrogen and oxygen atoms in total. The van der Waals surface area contributed by atoms with Crippen molar-refractivity contribution in [1.29, 1.82) is 0 Å². The van der Waals surface area contributed by atoms with Crippen LogP contribution >= 0.6 is 0 Å². The highest BCUT2D eigenvalue weighted by Gasteiger charge is 2.31. The summed E-state index contributed by atoms with van der Waals surface area (Å²) in [5.74, 6) is -0.381. The van der Waals surface area contributed by atoms with Gasteiger partial charge in [-0.2, -0.15) is 0 Å². The zero-order chi connectivity index (χ0) is 11.9. The smallest absolute Gasteiger partial charge is 0.163 e. The van der Waals surface area contributed by atoms with Crippen molar-refractivity contribution in [3.63, 3.8) is 0 Å². The van der Waals surface area contributed by atoms with E-state index in [9.17, 15) is 0 Å². The van der Waals surface area contributed by atoms with Crippen molar-refractivity contribution in [3.05, 3.63) is 0 Å². The summed E-state index contributed by atoms with van der Waals surface area (Å²) in [5, 5.41) is 3.44. The molecule has 16 heavy (non-hydrogen) atoms. The van der Waals surface area contributed by atoms with Gasteiger partial charge in [-0.15, -0.1) is 0 Å². The molecular formula is C13H27NO2. The third-order valence-electron chi connectivity index (χ3n) is 2.90. The lowest BCUT2D eigenvalue weighted by atomic mass is 10.1. The predicted molar refractivity (Wildman–Crippen MR) is 66.5 cm³/mol.